The molecule has 0 heterocycles. The number of rotatable bonds is 7. The summed E-state index contributed by atoms with van der Waals surface area (Å²) in [5.41, 5.74) is -0.540. The Balaban J connectivity index is 2.18. The number of carbonyl (C=O) groups is 1. The monoisotopic (exact) mass is 295 g/mol. The normalized spacial score (nSPS) is 13.8. The molecule has 1 amide bonds. The Hall–Kier alpha value is -2.18. The van der Waals surface area contributed by atoms with Crippen LogP contribution in [0, 0.1) is 21.8 Å². The Morgan fingerprint density at radius 3 is 2.76 bits per heavy atom. The van der Waals surface area contributed by atoms with Crippen LogP contribution in [0.2, 0.25) is 0 Å². The van der Waals surface area contributed by atoms with E-state index >= 15 is 0 Å². The van der Waals surface area contributed by atoms with Crippen molar-refractivity contribution < 1.29 is 14.1 Å². The van der Waals surface area contributed by atoms with Crippen molar-refractivity contribution in [3.63, 3.8) is 0 Å². The minimum Gasteiger partial charge on any atom is -0.383 e. The molecule has 0 radical (unpaired) electrons. The van der Waals surface area contributed by atoms with Crippen molar-refractivity contribution in [3.05, 3.63) is 33.6 Å². The molecule has 1 aromatic rings. The summed E-state index contributed by atoms with van der Waals surface area (Å²) in [5, 5.41) is 16.4. The molecule has 1 aromatic carbocycles. The standard InChI is InChI=1S/C14H18FN3O3/c1-2-16-12-7-10(13(18(20)21)8-11(12)15)14(19)17-6-5-9-3-4-9/h7-9,16H,2-6H2,1H3,(H,17,19). The average molecular weight is 295 g/mol. The Morgan fingerprint density at radius 1 is 1.48 bits per heavy atom. The van der Waals surface area contributed by atoms with E-state index in [1.807, 2.05) is 0 Å². The fraction of sp³-hybridized carbons (Fsp3) is 0.500. The number of nitro benzene ring substituents is 1. The largest absolute Gasteiger partial charge is 0.383 e. The van der Waals surface area contributed by atoms with Crippen molar-refractivity contribution in [2.24, 2.45) is 5.92 Å². The van der Waals surface area contributed by atoms with Gasteiger partial charge in [-0.3, -0.25) is 14.9 Å². The van der Waals surface area contributed by atoms with Gasteiger partial charge in [0.1, 0.15) is 5.56 Å². The minimum absolute atomic E-state index is 0.0930. The van der Waals surface area contributed by atoms with Gasteiger partial charge >= 0.3 is 0 Å². The van der Waals surface area contributed by atoms with Gasteiger partial charge in [0.2, 0.25) is 0 Å². The van der Waals surface area contributed by atoms with Crippen LogP contribution in [0.25, 0.3) is 0 Å². The third kappa shape index (κ3) is 3.90. The second-order valence-electron chi connectivity index (χ2n) is 5.12. The highest BCUT2D eigenvalue weighted by atomic mass is 19.1. The molecule has 0 spiro atoms. The van der Waals surface area contributed by atoms with Crippen LogP contribution in [-0.2, 0) is 0 Å². The fourth-order valence-corrected chi connectivity index (χ4v) is 2.11. The van der Waals surface area contributed by atoms with Crippen molar-refractivity contribution in [3.8, 4) is 0 Å². The number of amides is 1. The number of benzene rings is 1. The van der Waals surface area contributed by atoms with E-state index in [0.717, 1.165) is 12.5 Å². The Morgan fingerprint density at radius 2 is 2.19 bits per heavy atom. The van der Waals surface area contributed by atoms with E-state index in [1.54, 1.807) is 6.92 Å². The lowest BCUT2D eigenvalue weighted by atomic mass is 10.1. The van der Waals surface area contributed by atoms with Crippen LogP contribution in [0.1, 0.15) is 36.5 Å². The second kappa shape index (κ2) is 6.51. The summed E-state index contributed by atoms with van der Waals surface area (Å²) in [5.74, 6) is -0.620. The van der Waals surface area contributed by atoms with Crippen LogP contribution >= 0.6 is 0 Å². The molecule has 2 N–H and O–H groups in total. The lowest BCUT2D eigenvalue weighted by molar-refractivity contribution is -0.385. The molecule has 0 saturated heterocycles. The third-order valence-electron chi connectivity index (χ3n) is 3.43. The SMILES string of the molecule is CCNc1cc(C(=O)NCCC2CC2)c([N+](=O)[O-])cc1F. The maximum atomic E-state index is 13.7. The molecule has 1 aliphatic rings. The Labute approximate surface area is 121 Å². The average Bonchev–Trinajstić information content (AvgIpc) is 3.24. The highest BCUT2D eigenvalue weighted by Gasteiger charge is 2.25. The van der Waals surface area contributed by atoms with Gasteiger partial charge in [-0.15, -0.1) is 0 Å². The summed E-state index contributed by atoms with van der Waals surface area (Å²) in [6, 6.07) is 1.98. The lowest BCUT2D eigenvalue weighted by Gasteiger charge is -2.09. The molecule has 21 heavy (non-hydrogen) atoms. The molecule has 1 saturated carbocycles. The first-order valence-corrected chi connectivity index (χ1v) is 7.03. The molecule has 7 heteroatoms. The van der Waals surface area contributed by atoms with Gasteiger partial charge in [-0.25, -0.2) is 4.39 Å². The van der Waals surface area contributed by atoms with Crippen LogP contribution in [0.4, 0.5) is 15.8 Å². The molecular formula is C14H18FN3O3. The summed E-state index contributed by atoms with van der Waals surface area (Å²) in [4.78, 5) is 22.3. The quantitative estimate of drug-likeness (QED) is 0.598. The Kier molecular flexibility index (Phi) is 4.72. The number of carbonyl (C=O) groups excluding carboxylic acids is 1. The Bertz CT molecular complexity index is 559. The van der Waals surface area contributed by atoms with Gasteiger partial charge in [-0.05, 0) is 25.3 Å². The van der Waals surface area contributed by atoms with Gasteiger partial charge < -0.3 is 10.6 Å². The second-order valence-corrected chi connectivity index (χ2v) is 5.12. The molecule has 0 bridgehead atoms. The molecule has 0 unspecified atom stereocenters. The summed E-state index contributed by atoms with van der Waals surface area (Å²) in [7, 11) is 0. The number of anilines is 1. The van der Waals surface area contributed by atoms with Crippen LogP contribution < -0.4 is 10.6 Å². The lowest BCUT2D eigenvalue weighted by Crippen LogP contribution is -2.25. The molecule has 0 aromatic heterocycles. The molecule has 0 aliphatic heterocycles. The van der Waals surface area contributed by atoms with E-state index in [0.29, 0.717) is 19.0 Å². The van der Waals surface area contributed by atoms with Crippen molar-refractivity contribution in [1.82, 2.24) is 5.32 Å². The number of nitrogens with one attached hydrogen (secondary N) is 2. The maximum absolute atomic E-state index is 13.7. The van der Waals surface area contributed by atoms with E-state index in [2.05, 4.69) is 10.6 Å². The minimum atomic E-state index is -0.741. The van der Waals surface area contributed by atoms with Crippen molar-refractivity contribution in [1.29, 1.82) is 0 Å². The highest BCUT2D eigenvalue weighted by Crippen LogP contribution is 2.32. The van der Waals surface area contributed by atoms with Gasteiger partial charge in [-0.2, -0.15) is 0 Å². The summed E-state index contributed by atoms with van der Waals surface area (Å²) in [6.45, 7) is 2.71. The number of nitrogens with zero attached hydrogens (tertiary/aromatic N) is 1. The van der Waals surface area contributed by atoms with Crippen LogP contribution in [0.3, 0.4) is 0 Å². The predicted octanol–water partition coefficient (Wildman–Crippen LogP) is 2.70. The van der Waals surface area contributed by atoms with Crippen molar-refractivity contribution in [2.45, 2.75) is 26.2 Å². The van der Waals surface area contributed by atoms with E-state index < -0.39 is 22.3 Å². The van der Waals surface area contributed by atoms with E-state index in [9.17, 15) is 19.3 Å². The highest BCUT2D eigenvalue weighted by molar-refractivity contribution is 5.99. The van der Waals surface area contributed by atoms with E-state index in [1.165, 1.54) is 18.9 Å². The number of hydrogen-bond donors (Lipinski definition) is 2. The zero-order chi connectivity index (χ0) is 15.4. The van der Waals surface area contributed by atoms with Gasteiger partial charge in [0, 0.05) is 13.1 Å². The molecule has 114 valence electrons. The van der Waals surface area contributed by atoms with E-state index in [4.69, 9.17) is 0 Å². The van der Waals surface area contributed by atoms with E-state index in [-0.39, 0.29) is 11.3 Å². The molecular weight excluding hydrogens is 277 g/mol. The molecule has 2 rings (SSSR count). The first-order chi connectivity index (χ1) is 10.0. The predicted molar refractivity (Wildman–Crippen MR) is 76.9 cm³/mol. The number of nitro groups is 1. The van der Waals surface area contributed by atoms with Crippen molar-refractivity contribution in [2.75, 3.05) is 18.4 Å². The fourth-order valence-electron chi connectivity index (χ4n) is 2.11. The molecule has 1 fully saturated rings. The topological polar surface area (TPSA) is 84.3 Å². The number of halogens is 1. The molecule has 6 nitrogen and oxygen atoms in total. The van der Waals surface area contributed by atoms with Gasteiger partial charge in [-0.1, -0.05) is 12.8 Å². The summed E-state index contributed by atoms with van der Waals surface area (Å²) >= 11 is 0. The van der Waals surface area contributed by atoms with Crippen LogP contribution in [0.5, 0.6) is 0 Å². The molecule has 1 aliphatic carbocycles. The first kappa shape index (κ1) is 15.2. The van der Waals surface area contributed by atoms with Crippen LogP contribution in [-0.4, -0.2) is 23.9 Å². The zero-order valence-electron chi connectivity index (χ0n) is 11.8. The van der Waals surface area contributed by atoms with Gasteiger partial charge in [0.25, 0.3) is 11.6 Å². The maximum Gasteiger partial charge on any atom is 0.285 e. The zero-order valence-corrected chi connectivity index (χ0v) is 11.8. The van der Waals surface area contributed by atoms with Crippen molar-refractivity contribution >= 4 is 17.3 Å². The number of hydrogen-bond acceptors (Lipinski definition) is 4. The van der Waals surface area contributed by atoms with Gasteiger partial charge in [0.15, 0.2) is 5.82 Å². The molecule has 0 atom stereocenters. The first-order valence-electron chi connectivity index (χ1n) is 7.03. The van der Waals surface area contributed by atoms with Crippen LogP contribution in [0.15, 0.2) is 12.1 Å². The third-order valence-corrected chi connectivity index (χ3v) is 3.43. The smallest absolute Gasteiger partial charge is 0.285 e. The summed E-state index contributed by atoms with van der Waals surface area (Å²) in [6.07, 6.45) is 3.23. The van der Waals surface area contributed by atoms with Gasteiger partial charge in [0.05, 0.1) is 16.7 Å². The summed E-state index contributed by atoms with van der Waals surface area (Å²) < 4.78 is 13.7.